The van der Waals surface area contributed by atoms with Crippen LogP contribution in [0.25, 0.3) is 11.3 Å². The van der Waals surface area contributed by atoms with Crippen molar-refractivity contribution in [3.63, 3.8) is 0 Å². The molecule has 0 saturated carbocycles. The minimum absolute atomic E-state index is 0.00854. The molecule has 2 aromatic carbocycles. The molecule has 3 N–H and O–H groups in total. The Labute approximate surface area is 175 Å². The Hall–Kier alpha value is -3.28. The lowest BCUT2D eigenvalue weighted by Gasteiger charge is -2.25. The van der Waals surface area contributed by atoms with Crippen molar-refractivity contribution in [3.8, 4) is 29.1 Å². The van der Waals surface area contributed by atoms with Gasteiger partial charge in [-0.15, -0.1) is 0 Å². The number of fused-ring (bicyclic) bond motifs is 1. The monoisotopic (exact) mass is 452 g/mol. The Morgan fingerprint density at radius 3 is 2.66 bits per heavy atom. The molecule has 0 bridgehead atoms. The van der Waals surface area contributed by atoms with Crippen molar-refractivity contribution in [3.05, 3.63) is 69.3 Å². The van der Waals surface area contributed by atoms with Crippen molar-refractivity contribution in [1.29, 1.82) is 5.26 Å². The smallest absolute Gasteiger partial charge is 0.226 e. The Kier molecular flexibility index (Phi) is 4.78. The van der Waals surface area contributed by atoms with Crippen LogP contribution in [0.1, 0.15) is 16.8 Å². The molecule has 1 aliphatic heterocycles. The van der Waals surface area contributed by atoms with Crippen LogP contribution in [0.3, 0.4) is 0 Å². The standard InChI is InChI=1S/C21H17BrN4O3/c1-11-18-19(12-3-8-16(27)17(9-12)28-2)15(10-23)20(24)29-21(18)26(25-11)14-6-4-13(22)5-7-14/h3-9,20,27H,24H2,1-2H3. The van der Waals surface area contributed by atoms with Crippen LogP contribution in [-0.4, -0.2) is 28.2 Å². The fourth-order valence-corrected chi connectivity index (χ4v) is 3.63. The minimum Gasteiger partial charge on any atom is -0.504 e. The van der Waals surface area contributed by atoms with Gasteiger partial charge in [-0.3, -0.25) is 5.73 Å². The van der Waals surface area contributed by atoms with Gasteiger partial charge in [-0.2, -0.15) is 10.4 Å². The van der Waals surface area contributed by atoms with Crippen LogP contribution in [0.2, 0.25) is 0 Å². The number of halogens is 1. The van der Waals surface area contributed by atoms with Gasteiger partial charge in [0, 0.05) is 10.0 Å². The minimum atomic E-state index is -0.951. The van der Waals surface area contributed by atoms with Crippen LogP contribution < -0.4 is 15.2 Å². The summed E-state index contributed by atoms with van der Waals surface area (Å²) in [6, 6.07) is 14.7. The number of hydrogen-bond donors (Lipinski definition) is 2. The first kappa shape index (κ1) is 19.1. The predicted molar refractivity (Wildman–Crippen MR) is 111 cm³/mol. The molecule has 1 unspecified atom stereocenters. The van der Waals surface area contributed by atoms with E-state index >= 15 is 0 Å². The molecule has 0 aliphatic carbocycles. The zero-order valence-electron chi connectivity index (χ0n) is 15.7. The number of aromatic nitrogens is 2. The number of aryl methyl sites for hydroxylation is 1. The SMILES string of the molecule is COc1cc(C2=C(C#N)C(N)Oc3c2c(C)nn3-c2ccc(Br)cc2)ccc1O. The van der Waals surface area contributed by atoms with E-state index in [0.717, 1.165) is 10.2 Å². The quantitative estimate of drug-likeness (QED) is 0.627. The molecule has 8 heteroatoms. The number of hydrogen-bond acceptors (Lipinski definition) is 6. The van der Waals surface area contributed by atoms with Gasteiger partial charge in [0.05, 0.1) is 29.6 Å². The molecule has 0 spiro atoms. The summed E-state index contributed by atoms with van der Waals surface area (Å²) < 4.78 is 13.8. The van der Waals surface area contributed by atoms with Crippen molar-refractivity contribution < 1.29 is 14.6 Å². The number of methoxy groups -OCH3 is 1. The van der Waals surface area contributed by atoms with E-state index in [0.29, 0.717) is 34.0 Å². The Morgan fingerprint density at radius 1 is 1.28 bits per heavy atom. The zero-order valence-corrected chi connectivity index (χ0v) is 17.3. The molecule has 0 amide bonds. The number of nitriles is 1. The second-order valence-corrected chi connectivity index (χ2v) is 7.40. The summed E-state index contributed by atoms with van der Waals surface area (Å²) >= 11 is 3.43. The number of phenolic OH excluding ortho intramolecular Hbond substituents is 1. The number of rotatable bonds is 3. The van der Waals surface area contributed by atoms with Crippen LogP contribution in [0.5, 0.6) is 17.4 Å². The highest BCUT2D eigenvalue weighted by Crippen LogP contribution is 2.43. The summed E-state index contributed by atoms with van der Waals surface area (Å²) in [5, 5.41) is 24.3. The number of nitrogens with zero attached hydrogens (tertiary/aromatic N) is 3. The molecule has 2 heterocycles. The third-order valence-electron chi connectivity index (χ3n) is 4.72. The van der Waals surface area contributed by atoms with Gasteiger partial charge in [0.25, 0.3) is 0 Å². The van der Waals surface area contributed by atoms with Gasteiger partial charge in [-0.25, -0.2) is 4.68 Å². The molecule has 0 saturated heterocycles. The van der Waals surface area contributed by atoms with Crippen LogP contribution in [0, 0.1) is 18.3 Å². The van der Waals surface area contributed by atoms with Crippen molar-refractivity contribution in [2.24, 2.45) is 5.73 Å². The van der Waals surface area contributed by atoms with Gasteiger partial charge in [-0.1, -0.05) is 22.0 Å². The van der Waals surface area contributed by atoms with Crippen LogP contribution in [0.4, 0.5) is 0 Å². The summed E-state index contributed by atoms with van der Waals surface area (Å²) in [6.07, 6.45) is -0.951. The summed E-state index contributed by atoms with van der Waals surface area (Å²) in [7, 11) is 1.47. The summed E-state index contributed by atoms with van der Waals surface area (Å²) in [5.41, 5.74) is 9.91. The van der Waals surface area contributed by atoms with E-state index in [1.54, 1.807) is 16.8 Å². The Morgan fingerprint density at radius 2 is 2.00 bits per heavy atom. The molecule has 1 aliphatic rings. The lowest BCUT2D eigenvalue weighted by Crippen LogP contribution is -2.33. The van der Waals surface area contributed by atoms with Crippen LogP contribution in [0.15, 0.2) is 52.5 Å². The topological polar surface area (TPSA) is 106 Å². The molecule has 1 aromatic heterocycles. The highest BCUT2D eigenvalue weighted by Gasteiger charge is 2.33. The fraction of sp³-hybridized carbons (Fsp3) is 0.143. The molecular weight excluding hydrogens is 436 g/mol. The average molecular weight is 453 g/mol. The van der Waals surface area contributed by atoms with Crippen molar-refractivity contribution >= 4 is 21.5 Å². The van der Waals surface area contributed by atoms with Gasteiger partial charge in [0.15, 0.2) is 17.7 Å². The lowest BCUT2D eigenvalue weighted by atomic mass is 9.91. The van der Waals surface area contributed by atoms with E-state index in [2.05, 4.69) is 27.1 Å². The molecule has 7 nitrogen and oxygen atoms in total. The fourth-order valence-electron chi connectivity index (χ4n) is 3.37. The highest BCUT2D eigenvalue weighted by atomic mass is 79.9. The van der Waals surface area contributed by atoms with E-state index in [4.69, 9.17) is 15.2 Å². The Balaban J connectivity index is 1.97. The number of benzene rings is 2. The number of ether oxygens (including phenoxy) is 2. The molecule has 146 valence electrons. The van der Waals surface area contributed by atoms with E-state index in [1.165, 1.54) is 13.2 Å². The van der Waals surface area contributed by atoms with Crippen molar-refractivity contribution in [2.75, 3.05) is 7.11 Å². The number of aromatic hydroxyl groups is 1. The molecule has 3 aromatic rings. The molecule has 1 atom stereocenters. The maximum Gasteiger partial charge on any atom is 0.226 e. The first-order chi connectivity index (χ1) is 13.9. The normalized spacial score (nSPS) is 15.5. The number of phenols is 1. The zero-order chi connectivity index (χ0) is 20.7. The van der Waals surface area contributed by atoms with Gasteiger partial charge in [0.1, 0.15) is 6.07 Å². The van der Waals surface area contributed by atoms with E-state index in [-0.39, 0.29) is 11.3 Å². The third kappa shape index (κ3) is 3.14. The van der Waals surface area contributed by atoms with Gasteiger partial charge >= 0.3 is 0 Å². The van der Waals surface area contributed by atoms with Crippen molar-refractivity contribution in [2.45, 2.75) is 13.2 Å². The molecular formula is C21H17BrN4O3. The van der Waals surface area contributed by atoms with E-state index in [1.807, 2.05) is 31.2 Å². The Bertz CT molecular complexity index is 1180. The van der Waals surface area contributed by atoms with Gasteiger partial charge in [-0.05, 0) is 48.9 Å². The molecule has 0 radical (unpaired) electrons. The van der Waals surface area contributed by atoms with E-state index < -0.39 is 6.23 Å². The van der Waals surface area contributed by atoms with Crippen molar-refractivity contribution in [1.82, 2.24) is 9.78 Å². The second-order valence-electron chi connectivity index (χ2n) is 6.48. The summed E-state index contributed by atoms with van der Waals surface area (Å²) in [5.74, 6) is 0.763. The lowest BCUT2D eigenvalue weighted by molar-refractivity contribution is 0.228. The molecule has 0 fully saturated rings. The summed E-state index contributed by atoms with van der Waals surface area (Å²) in [4.78, 5) is 0. The van der Waals surface area contributed by atoms with Gasteiger partial charge < -0.3 is 14.6 Å². The predicted octanol–water partition coefficient (Wildman–Crippen LogP) is 3.66. The maximum atomic E-state index is 9.96. The first-order valence-electron chi connectivity index (χ1n) is 8.74. The largest absolute Gasteiger partial charge is 0.504 e. The summed E-state index contributed by atoms with van der Waals surface area (Å²) in [6.45, 7) is 1.85. The highest BCUT2D eigenvalue weighted by molar-refractivity contribution is 9.10. The molecule has 29 heavy (non-hydrogen) atoms. The average Bonchev–Trinajstić information content (AvgIpc) is 3.04. The van der Waals surface area contributed by atoms with Crippen LogP contribution in [-0.2, 0) is 0 Å². The molecule has 4 rings (SSSR count). The van der Waals surface area contributed by atoms with Crippen LogP contribution >= 0.6 is 15.9 Å². The van der Waals surface area contributed by atoms with E-state index in [9.17, 15) is 10.4 Å². The first-order valence-corrected chi connectivity index (χ1v) is 9.53. The second kappa shape index (κ2) is 7.28. The number of nitrogens with two attached hydrogens (primary N) is 1. The van der Waals surface area contributed by atoms with Gasteiger partial charge in [0.2, 0.25) is 5.88 Å². The third-order valence-corrected chi connectivity index (χ3v) is 5.25. The maximum absolute atomic E-state index is 9.96.